The second kappa shape index (κ2) is 7.52. The third kappa shape index (κ3) is 3.59. The zero-order chi connectivity index (χ0) is 13.1. The summed E-state index contributed by atoms with van der Waals surface area (Å²) in [5.41, 5.74) is 1.34. The second-order valence-corrected chi connectivity index (χ2v) is 6.52. The largest absolute Gasteiger partial charge is 0.314 e. The molecular formula is C14H17BrClN3S. The van der Waals surface area contributed by atoms with Crippen molar-refractivity contribution in [3.8, 4) is 0 Å². The zero-order valence-corrected chi connectivity index (χ0v) is 14.2. The summed E-state index contributed by atoms with van der Waals surface area (Å²) < 4.78 is 1.23. The fourth-order valence-electron chi connectivity index (χ4n) is 2.47. The number of aromatic nitrogens is 1. The Kier molecular flexibility index (Phi) is 5.99. The van der Waals surface area contributed by atoms with E-state index in [1.54, 1.807) is 0 Å². The maximum absolute atomic E-state index is 4.11. The Morgan fingerprint density at radius 1 is 1.35 bits per heavy atom. The molecule has 6 heteroatoms. The quantitative estimate of drug-likeness (QED) is 0.891. The van der Waals surface area contributed by atoms with Gasteiger partial charge < -0.3 is 5.32 Å². The van der Waals surface area contributed by atoms with Crippen LogP contribution in [0.25, 0.3) is 0 Å². The summed E-state index contributed by atoms with van der Waals surface area (Å²) in [6.07, 6.45) is 3.76. The van der Waals surface area contributed by atoms with Gasteiger partial charge in [0.2, 0.25) is 0 Å². The van der Waals surface area contributed by atoms with Crippen LogP contribution >= 0.6 is 39.7 Å². The fourth-order valence-corrected chi connectivity index (χ4v) is 3.97. The second-order valence-electron chi connectivity index (χ2n) is 4.66. The van der Waals surface area contributed by atoms with Gasteiger partial charge >= 0.3 is 0 Å². The lowest BCUT2D eigenvalue weighted by molar-refractivity contribution is 0.155. The number of thiophene rings is 1. The molecule has 2 aromatic heterocycles. The Balaban J connectivity index is 0.00000147. The standard InChI is InChI=1S/C14H16BrN3S.ClH/c15-12-3-8-19-14(12)10-18-7-6-17-9-13(18)11-1-4-16-5-2-11;/h1-5,8,13,17H,6-7,9-10H2;1H. The number of hydrogen-bond acceptors (Lipinski definition) is 4. The Morgan fingerprint density at radius 2 is 2.15 bits per heavy atom. The zero-order valence-electron chi connectivity index (χ0n) is 11.0. The molecular weight excluding hydrogens is 358 g/mol. The summed E-state index contributed by atoms with van der Waals surface area (Å²) >= 11 is 5.45. The molecule has 1 saturated heterocycles. The van der Waals surface area contributed by atoms with Gasteiger partial charge in [-0.1, -0.05) is 0 Å². The first-order valence-corrected chi connectivity index (χ1v) is 8.08. The van der Waals surface area contributed by atoms with E-state index >= 15 is 0 Å². The first kappa shape index (κ1) is 15.9. The van der Waals surface area contributed by atoms with E-state index in [0.717, 1.165) is 26.2 Å². The number of halogens is 2. The van der Waals surface area contributed by atoms with Crippen LogP contribution in [0.4, 0.5) is 0 Å². The monoisotopic (exact) mass is 373 g/mol. The molecule has 0 aliphatic carbocycles. The molecule has 1 aliphatic rings. The fraction of sp³-hybridized carbons (Fsp3) is 0.357. The number of nitrogens with zero attached hydrogens (tertiary/aromatic N) is 2. The van der Waals surface area contributed by atoms with E-state index in [2.05, 4.69) is 54.7 Å². The van der Waals surface area contributed by atoms with Crippen molar-refractivity contribution in [1.82, 2.24) is 15.2 Å². The van der Waals surface area contributed by atoms with Crippen molar-refractivity contribution in [2.45, 2.75) is 12.6 Å². The molecule has 3 heterocycles. The highest BCUT2D eigenvalue weighted by atomic mass is 79.9. The first-order chi connectivity index (χ1) is 9.34. The van der Waals surface area contributed by atoms with Crippen LogP contribution in [0.15, 0.2) is 40.4 Å². The smallest absolute Gasteiger partial charge is 0.0478 e. The van der Waals surface area contributed by atoms with E-state index in [-0.39, 0.29) is 12.4 Å². The van der Waals surface area contributed by atoms with Crippen molar-refractivity contribution in [2.75, 3.05) is 19.6 Å². The third-order valence-corrected chi connectivity index (χ3v) is 5.39. The highest BCUT2D eigenvalue weighted by Gasteiger charge is 2.24. The number of rotatable bonds is 3. The molecule has 0 saturated carbocycles. The SMILES string of the molecule is Brc1ccsc1CN1CCNCC1c1ccncc1.Cl. The van der Waals surface area contributed by atoms with Gasteiger partial charge in [0.1, 0.15) is 0 Å². The molecule has 0 radical (unpaired) electrons. The molecule has 2 aromatic rings. The molecule has 0 spiro atoms. The van der Waals surface area contributed by atoms with Crippen LogP contribution in [0.3, 0.4) is 0 Å². The minimum atomic E-state index is 0. The van der Waals surface area contributed by atoms with Gasteiger partial charge in [-0.2, -0.15) is 0 Å². The molecule has 108 valence electrons. The Labute approximate surface area is 137 Å². The van der Waals surface area contributed by atoms with Gasteiger partial charge in [-0.3, -0.25) is 9.88 Å². The van der Waals surface area contributed by atoms with Gasteiger partial charge in [0, 0.05) is 54.0 Å². The number of hydrogen-bond donors (Lipinski definition) is 1. The molecule has 1 atom stereocenters. The van der Waals surface area contributed by atoms with Crippen molar-refractivity contribution >= 4 is 39.7 Å². The maximum Gasteiger partial charge on any atom is 0.0478 e. The van der Waals surface area contributed by atoms with Crippen molar-refractivity contribution in [3.05, 3.63) is 50.9 Å². The van der Waals surface area contributed by atoms with Crippen molar-refractivity contribution in [2.24, 2.45) is 0 Å². The molecule has 3 nitrogen and oxygen atoms in total. The normalized spacial score (nSPS) is 19.6. The minimum absolute atomic E-state index is 0. The Hall–Kier alpha value is -0.460. The predicted molar refractivity (Wildman–Crippen MR) is 89.5 cm³/mol. The summed E-state index contributed by atoms with van der Waals surface area (Å²) in [6, 6.07) is 6.80. The summed E-state index contributed by atoms with van der Waals surface area (Å²) in [5, 5.41) is 5.63. The lowest BCUT2D eigenvalue weighted by Gasteiger charge is -2.36. The van der Waals surface area contributed by atoms with E-state index in [0.29, 0.717) is 6.04 Å². The van der Waals surface area contributed by atoms with Crippen molar-refractivity contribution < 1.29 is 0 Å². The van der Waals surface area contributed by atoms with Crippen LogP contribution in [0.1, 0.15) is 16.5 Å². The minimum Gasteiger partial charge on any atom is -0.314 e. The summed E-state index contributed by atoms with van der Waals surface area (Å²) in [4.78, 5) is 8.06. The van der Waals surface area contributed by atoms with Crippen LogP contribution < -0.4 is 5.32 Å². The van der Waals surface area contributed by atoms with E-state index in [4.69, 9.17) is 0 Å². The summed E-state index contributed by atoms with van der Waals surface area (Å²) in [5.74, 6) is 0. The predicted octanol–water partition coefficient (Wildman–Crippen LogP) is 3.47. The molecule has 1 aliphatic heterocycles. The molecule has 1 fully saturated rings. The van der Waals surface area contributed by atoms with Gasteiger partial charge in [0.15, 0.2) is 0 Å². The van der Waals surface area contributed by atoms with Crippen molar-refractivity contribution in [3.63, 3.8) is 0 Å². The van der Waals surface area contributed by atoms with Gasteiger partial charge in [0.25, 0.3) is 0 Å². The lowest BCUT2D eigenvalue weighted by Crippen LogP contribution is -2.45. The van der Waals surface area contributed by atoms with Crippen LogP contribution in [0, 0.1) is 0 Å². The Morgan fingerprint density at radius 3 is 2.85 bits per heavy atom. The summed E-state index contributed by atoms with van der Waals surface area (Å²) in [7, 11) is 0. The highest BCUT2D eigenvalue weighted by molar-refractivity contribution is 9.10. The molecule has 3 rings (SSSR count). The highest BCUT2D eigenvalue weighted by Crippen LogP contribution is 2.29. The van der Waals surface area contributed by atoms with Crippen LogP contribution in [0.2, 0.25) is 0 Å². The van der Waals surface area contributed by atoms with Gasteiger partial charge in [-0.05, 0) is 45.1 Å². The molecule has 0 amide bonds. The van der Waals surface area contributed by atoms with Crippen LogP contribution in [0.5, 0.6) is 0 Å². The van der Waals surface area contributed by atoms with E-state index in [9.17, 15) is 0 Å². The average molecular weight is 375 g/mol. The van der Waals surface area contributed by atoms with Gasteiger partial charge in [0.05, 0.1) is 0 Å². The third-order valence-electron chi connectivity index (χ3n) is 3.48. The van der Waals surface area contributed by atoms with E-state index in [1.165, 1.54) is 14.9 Å². The average Bonchev–Trinajstić information content (AvgIpc) is 2.86. The lowest BCUT2D eigenvalue weighted by atomic mass is 10.0. The van der Waals surface area contributed by atoms with Gasteiger partial charge in [-0.25, -0.2) is 0 Å². The maximum atomic E-state index is 4.11. The van der Waals surface area contributed by atoms with E-state index in [1.807, 2.05) is 23.7 Å². The van der Waals surface area contributed by atoms with E-state index < -0.39 is 0 Å². The van der Waals surface area contributed by atoms with Crippen LogP contribution in [-0.2, 0) is 6.54 Å². The van der Waals surface area contributed by atoms with Gasteiger partial charge in [-0.15, -0.1) is 23.7 Å². The molecule has 1 N–H and O–H groups in total. The molecule has 1 unspecified atom stereocenters. The first-order valence-electron chi connectivity index (χ1n) is 6.41. The van der Waals surface area contributed by atoms with Crippen LogP contribution in [-0.4, -0.2) is 29.5 Å². The topological polar surface area (TPSA) is 28.2 Å². The van der Waals surface area contributed by atoms with Crippen molar-refractivity contribution in [1.29, 1.82) is 0 Å². The Bertz CT molecular complexity index is 534. The molecule has 0 aromatic carbocycles. The number of piperazine rings is 1. The number of nitrogens with one attached hydrogen (secondary N) is 1. The summed E-state index contributed by atoms with van der Waals surface area (Å²) in [6.45, 7) is 4.15. The number of pyridine rings is 1. The molecule has 0 bridgehead atoms. The molecule has 20 heavy (non-hydrogen) atoms.